The summed E-state index contributed by atoms with van der Waals surface area (Å²) >= 11 is 6.33. The van der Waals surface area contributed by atoms with Gasteiger partial charge in [0, 0.05) is 27.9 Å². The van der Waals surface area contributed by atoms with Crippen molar-refractivity contribution in [3.8, 4) is 11.1 Å². The maximum atomic E-state index is 13.4. The number of rotatable bonds is 5. The fraction of sp³-hybridized carbons (Fsp3) is 0.185. The zero-order chi connectivity index (χ0) is 24.7. The minimum atomic E-state index is -3.68. The number of benzene rings is 3. The van der Waals surface area contributed by atoms with Crippen LogP contribution in [0.1, 0.15) is 36.1 Å². The summed E-state index contributed by atoms with van der Waals surface area (Å²) in [5.74, 6) is 0. The molecule has 1 aromatic heterocycles. The molecule has 8 heteroatoms. The first-order valence-corrected chi connectivity index (χ1v) is 13.6. The van der Waals surface area contributed by atoms with Gasteiger partial charge in [-0.2, -0.15) is 9.52 Å². The molecular formula is C27H24ClN3O3S. The second-order valence-electron chi connectivity index (χ2n) is 8.66. The summed E-state index contributed by atoms with van der Waals surface area (Å²) < 4.78 is 26.6. The average Bonchev–Trinajstić information content (AvgIpc) is 3.30. The number of aryl methyl sites for hydroxylation is 1. The van der Waals surface area contributed by atoms with Gasteiger partial charge in [0.1, 0.15) is 0 Å². The number of pyridine rings is 1. The van der Waals surface area contributed by atoms with Gasteiger partial charge in [-0.25, -0.2) is 8.42 Å². The molecule has 0 fully saturated rings. The summed E-state index contributed by atoms with van der Waals surface area (Å²) in [6.07, 6.45) is 2.29. The second kappa shape index (κ2) is 8.98. The van der Waals surface area contributed by atoms with E-state index >= 15 is 0 Å². The molecular weight excluding hydrogens is 482 g/mol. The van der Waals surface area contributed by atoms with Gasteiger partial charge in [-0.05, 0) is 41.3 Å². The number of halogens is 1. The number of H-pyrrole nitrogens is 1. The van der Waals surface area contributed by atoms with Crippen molar-refractivity contribution in [2.24, 2.45) is 5.10 Å². The summed E-state index contributed by atoms with van der Waals surface area (Å²) in [7, 11) is -3.68. The predicted octanol–water partition coefficient (Wildman–Crippen LogP) is 5.52. The lowest BCUT2D eigenvalue weighted by Gasteiger charge is -2.21. The molecule has 0 amide bonds. The minimum Gasteiger partial charge on any atom is -0.321 e. The lowest BCUT2D eigenvalue weighted by atomic mass is 9.91. The fourth-order valence-electron chi connectivity index (χ4n) is 4.61. The summed E-state index contributed by atoms with van der Waals surface area (Å²) in [5.41, 5.74) is 4.58. The third-order valence-corrected chi connectivity index (χ3v) is 7.56. The van der Waals surface area contributed by atoms with Crippen LogP contribution in [0.3, 0.4) is 0 Å². The number of aromatic amines is 1. The average molecular weight is 506 g/mol. The van der Waals surface area contributed by atoms with E-state index in [1.807, 2.05) is 60.7 Å². The zero-order valence-corrected chi connectivity index (χ0v) is 20.9. The van der Waals surface area contributed by atoms with Crippen LogP contribution in [-0.4, -0.2) is 29.8 Å². The number of fused-ring (bicyclic) bond motifs is 1. The highest BCUT2D eigenvalue weighted by atomic mass is 35.5. The van der Waals surface area contributed by atoms with Crippen LogP contribution in [0.5, 0.6) is 0 Å². The Labute approximate surface area is 208 Å². The molecule has 4 aromatic rings. The first kappa shape index (κ1) is 23.3. The Balaban J connectivity index is 1.74. The van der Waals surface area contributed by atoms with E-state index in [1.165, 1.54) is 0 Å². The molecule has 1 atom stereocenters. The second-order valence-corrected chi connectivity index (χ2v) is 10.9. The van der Waals surface area contributed by atoms with Gasteiger partial charge in [-0.15, -0.1) is 0 Å². The van der Waals surface area contributed by atoms with Crippen LogP contribution in [0.2, 0.25) is 5.02 Å². The lowest BCUT2D eigenvalue weighted by molar-refractivity contribution is 0.375. The van der Waals surface area contributed by atoms with Gasteiger partial charge in [-0.3, -0.25) is 4.79 Å². The van der Waals surface area contributed by atoms with Crippen LogP contribution < -0.4 is 5.56 Å². The topological polar surface area (TPSA) is 82.6 Å². The fourth-order valence-corrected chi connectivity index (χ4v) is 5.69. The lowest BCUT2D eigenvalue weighted by Crippen LogP contribution is -2.25. The third-order valence-electron chi connectivity index (χ3n) is 6.31. The van der Waals surface area contributed by atoms with E-state index in [1.54, 1.807) is 12.1 Å². The molecule has 35 heavy (non-hydrogen) atoms. The van der Waals surface area contributed by atoms with E-state index in [2.05, 4.69) is 17.0 Å². The molecule has 0 unspecified atom stereocenters. The molecule has 5 rings (SSSR count). The van der Waals surface area contributed by atoms with Crippen LogP contribution in [-0.2, 0) is 16.4 Å². The molecule has 3 aromatic carbocycles. The summed E-state index contributed by atoms with van der Waals surface area (Å²) in [4.78, 5) is 16.4. The van der Waals surface area contributed by atoms with E-state index in [0.29, 0.717) is 27.4 Å². The summed E-state index contributed by atoms with van der Waals surface area (Å²) in [6.45, 7) is 2.07. The first-order chi connectivity index (χ1) is 16.8. The van der Waals surface area contributed by atoms with Crippen molar-refractivity contribution in [1.29, 1.82) is 0 Å². The monoisotopic (exact) mass is 505 g/mol. The quantitative estimate of drug-likeness (QED) is 0.387. The number of aromatic nitrogens is 1. The van der Waals surface area contributed by atoms with Crippen molar-refractivity contribution in [3.05, 3.63) is 105 Å². The predicted molar refractivity (Wildman–Crippen MR) is 141 cm³/mol. The van der Waals surface area contributed by atoms with Crippen molar-refractivity contribution in [2.45, 2.75) is 25.8 Å². The van der Waals surface area contributed by atoms with E-state index in [9.17, 15) is 13.2 Å². The normalized spacial score (nSPS) is 16.0. The molecule has 1 aliphatic rings. The van der Waals surface area contributed by atoms with Crippen molar-refractivity contribution in [1.82, 2.24) is 9.40 Å². The van der Waals surface area contributed by atoms with Crippen LogP contribution in [0.4, 0.5) is 0 Å². The zero-order valence-electron chi connectivity index (χ0n) is 19.3. The molecule has 1 aliphatic heterocycles. The molecule has 178 valence electrons. The van der Waals surface area contributed by atoms with Gasteiger partial charge < -0.3 is 4.98 Å². The highest BCUT2D eigenvalue weighted by Crippen LogP contribution is 2.38. The van der Waals surface area contributed by atoms with Gasteiger partial charge in [-0.1, -0.05) is 73.1 Å². The maximum absolute atomic E-state index is 13.4. The number of nitrogens with one attached hydrogen (secondary N) is 1. The van der Waals surface area contributed by atoms with Gasteiger partial charge in [0.05, 0.1) is 23.6 Å². The first-order valence-electron chi connectivity index (χ1n) is 11.3. The highest BCUT2D eigenvalue weighted by Gasteiger charge is 2.36. The summed E-state index contributed by atoms with van der Waals surface area (Å²) in [5, 5.41) is 5.82. The maximum Gasteiger partial charge on any atom is 0.258 e. The Kier molecular flexibility index (Phi) is 5.99. The number of hydrogen-bond donors (Lipinski definition) is 1. The Morgan fingerprint density at radius 2 is 1.74 bits per heavy atom. The van der Waals surface area contributed by atoms with E-state index in [0.717, 1.165) is 39.2 Å². The molecule has 1 N–H and O–H groups in total. The van der Waals surface area contributed by atoms with Crippen LogP contribution in [0.25, 0.3) is 22.0 Å². The molecule has 0 bridgehead atoms. The van der Waals surface area contributed by atoms with Crippen molar-refractivity contribution in [3.63, 3.8) is 0 Å². The Morgan fingerprint density at radius 3 is 2.40 bits per heavy atom. The van der Waals surface area contributed by atoms with E-state index in [-0.39, 0.29) is 12.0 Å². The van der Waals surface area contributed by atoms with E-state index < -0.39 is 16.1 Å². The number of hydrazone groups is 1. The molecule has 6 nitrogen and oxygen atoms in total. The largest absolute Gasteiger partial charge is 0.321 e. The minimum absolute atomic E-state index is 0.271. The Morgan fingerprint density at radius 1 is 1.03 bits per heavy atom. The molecule has 0 saturated carbocycles. The van der Waals surface area contributed by atoms with Crippen LogP contribution >= 0.6 is 11.6 Å². The smallest absolute Gasteiger partial charge is 0.258 e. The van der Waals surface area contributed by atoms with Gasteiger partial charge >= 0.3 is 0 Å². The Hall–Kier alpha value is -3.42. The van der Waals surface area contributed by atoms with Crippen molar-refractivity contribution in [2.75, 3.05) is 6.26 Å². The summed E-state index contributed by atoms with van der Waals surface area (Å²) in [6, 6.07) is 22.2. The molecule has 0 radical (unpaired) electrons. The molecule has 0 saturated heterocycles. The SMILES string of the molecule is CCc1ccc([C@@H]2CC(c3c(-c4ccccc4)c4cc(Cl)ccc4[nH]c3=O)=NN2S(C)(=O)=O)cc1. The molecule has 2 heterocycles. The van der Waals surface area contributed by atoms with Gasteiger partial charge in [0.25, 0.3) is 5.56 Å². The molecule has 0 spiro atoms. The van der Waals surface area contributed by atoms with Crippen molar-refractivity contribution < 1.29 is 8.42 Å². The van der Waals surface area contributed by atoms with Crippen LogP contribution in [0, 0.1) is 0 Å². The number of sulfonamides is 1. The number of nitrogens with zero attached hydrogens (tertiary/aromatic N) is 2. The highest BCUT2D eigenvalue weighted by molar-refractivity contribution is 7.88. The Bertz CT molecular complexity index is 1610. The van der Waals surface area contributed by atoms with Crippen LogP contribution in [0.15, 0.2) is 82.7 Å². The van der Waals surface area contributed by atoms with Gasteiger partial charge in [0.2, 0.25) is 10.0 Å². The number of hydrogen-bond acceptors (Lipinski definition) is 4. The molecule has 0 aliphatic carbocycles. The standard InChI is InChI=1S/C27H24ClN3O3S/c1-3-17-9-11-18(12-10-17)24-16-23(30-31(24)35(2,33)34)26-25(19-7-5-4-6-8-19)21-15-20(28)13-14-22(21)29-27(26)32/h4-15,24H,3,16H2,1-2H3,(H,29,32)/t24-/m0/s1. The third kappa shape index (κ3) is 4.37. The van der Waals surface area contributed by atoms with E-state index in [4.69, 9.17) is 11.6 Å². The van der Waals surface area contributed by atoms with Gasteiger partial charge in [0.15, 0.2) is 0 Å². The van der Waals surface area contributed by atoms with Crippen molar-refractivity contribution >= 4 is 38.2 Å².